The third-order valence-corrected chi connectivity index (χ3v) is 2.76. The van der Waals surface area contributed by atoms with Gasteiger partial charge in [0.15, 0.2) is 0 Å². The first-order valence-electron chi connectivity index (χ1n) is 4.01. The Morgan fingerprint density at radius 3 is 1.53 bits per heavy atom. The van der Waals surface area contributed by atoms with Crippen LogP contribution in [0.15, 0.2) is 0 Å². The Labute approximate surface area is 104 Å². The smallest absolute Gasteiger partial charge is 0.372 e. The lowest BCUT2D eigenvalue weighted by Gasteiger charge is -2.33. The summed E-state index contributed by atoms with van der Waals surface area (Å²) in [6.45, 7) is -2.13. The largest absolute Gasteiger partial charge is 0.390 e. The van der Waals surface area contributed by atoms with Gasteiger partial charge in [0.05, 0.1) is 10.8 Å². The molecule has 10 heteroatoms. The molecule has 0 amide bonds. The topological polar surface area (TPSA) is 20.2 Å². The van der Waals surface area contributed by atoms with Crippen LogP contribution >= 0.6 is 22.6 Å². The van der Waals surface area contributed by atoms with Gasteiger partial charge in [-0.15, -0.1) is 0 Å². The van der Waals surface area contributed by atoms with Crippen molar-refractivity contribution in [1.82, 2.24) is 0 Å². The molecular formula is C7H7F8IO. The van der Waals surface area contributed by atoms with Gasteiger partial charge in [0.25, 0.3) is 5.92 Å². The lowest BCUT2D eigenvalue weighted by atomic mass is 9.99. The van der Waals surface area contributed by atoms with E-state index in [0.717, 1.165) is 22.6 Å². The van der Waals surface area contributed by atoms with Crippen molar-refractivity contribution in [2.24, 2.45) is 0 Å². The van der Waals surface area contributed by atoms with Gasteiger partial charge in [-0.3, -0.25) is 0 Å². The van der Waals surface area contributed by atoms with Crippen molar-refractivity contribution >= 4 is 22.6 Å². The number of hydrogen-bond acceptors (Lipinski definition) is 1. The highest BCUT2D eigenvalue weighted by molar-refractivity contribution is 14.1. The number of halogens is 9. The van der Waals surface area contributed by atoms with Crippen LogP contribution in [0.25, 0.3) is 0 Å². The van der Waals surface area contributed by atoms with Gasteiger partial charge in [-0.25, -0.2) is 8.78 Å². The Balaban J connectivity index is 5.17. The van der Waals surface area contributed by atoms with Crippen molar-refractivity contribution in [3.63, 3.8) is 0 Å². The molecule has 0 aromatic rings. The van der Waals surface area contributed by atoms with Crippen LogP contribution in [0.2, 0.25) is 0 Å². The summed E-state index contributed by atoms with van der Waals surface area (Å²) in [6, 6.07) is 0. The number of aliphatic hydroxyl groups excluding tert-OH is 1. The molecule has 0 saturated heterocycles. The van der Waals surface area contributed by atoms with Crippen LogP contribution in [0, 0.1) is 0 Å². The number of alkyl halides is 9. The summed E-state index contributed by atoms with van der Waals surface area (Å²) in [5.41, 5.74) is 0. The highest BCUT2D eigenvalue weighted by Crippen LogP contribution is 2.50. The molecule has 0 spiro atoms. The van der Waals surface area contributed by atoms with Crippen molar-refractivity contribution < 1.29 is 40.2 Å². The summed E-state index contributed by atoms with van der Waals surface area (Å²) in [5, 5.41) is 7.97. The number of hydrogen-bond donors (Lipinski definition) is 1. The summed E-state index contributed by atoms with van der Waals surface area (Å²) >= 11 is 0.742. The fourth-order valence-corrected chi connectivity index (χ4v) is 1.32. The second-order valence-corrected chi connectivity index (χ2v) is 4.07. The van der Waals surface area contributed by atoms with Crippen LogP contribution < -0.4 is 0 Å². The standard InChI is InChI=1S/C7H7F8IO/c8-4(9,3-17)1-5(10,11)7(14,15)6(12,13)2-16/h17H,1-3H2. The molecular weight excluding hydrogens is 379 g/mol. The molecule has 0 aliphatic heterocycles. The number of rotatable bonds is 6. The molecule has 1 nitrogen and oxygen atoms in total. The quantitative estimate of drug-likeness (QED) is 0.422. The van der Waals surface area contributed by atoms with Crippen molar-refractivity contribution in [3.8, 4) is 0 Å². The van der Waals surface area contributed by atoms with E-state index in [4.69, 9.17) is 5.11 Å². The second-order valence-electron chi connectivity index (χ2n) is 3.31. The van der Waals surface area contributed by atoms with E-state index in [0.29, 0.717) is 0 Å². The molecule has 0 aliphatic rings. The SMILES string of the molecule is OCC(F)(F)CC(F)(F)C(F)(F)C(F)(F)CI. The van der Waals surface area contributed by atoms with Gasteiger partial charge in [-0.2, -0.15) is 26.3 Å². The maximum Gasteiger partial charge on any atom is 0.372 e. The van der Waals surface area contributed by atoms with Crippen LogP contribution in [0.1, 0.15) is 6.42 Å². The monoisotopic (exact) mass is 386 g/mol. The van der Waals surface area contributed by atoms with Gasteiger partial charge >= 0.3 is 17.8 Å². The summed E-state index contributed by atoms with van der Waals surface area (Å²) < 4.78 is 99.1. The molecule has 0 heterocycles. The fourth-order valence-electron chi connectivity index (χ4n) is 0.843. The van der Waals surface area contributed by atoms with Crippen LogP contribution in [0.3, 0.4) is 0 Å². The van der Waals surface area contributed by atoms with E-state index in [-0.39, 0.29) is 0 Å². The maximum absolute atomic E-state index is 12.7. The van der Waals surface area contributed by atoms with E-state index in [1.54, 1.807) is 0 Å². The van der Waals surface area contributed by atoms with E-state index >= 15 is 0 Å². The van der Waals surface area contributed by atoms with Crippen LogP contribution in [0.5, 0.6) is 0 Å². The van der Waals surface area contributed by atoms with E-state index in [2.05, 4.69) is 0 Å². The Morgan fingerprint density at radius 1 is 0.824 bits per heavy atom. The molecule has 0 aromatic carbocycles. The molecule has 0 fully saturated rings. The summed E-state index contributed by atoms with van der Waals surface area (Å²) in [5.74, 6) is -21.2. The van der Waals surface area contributed by atoms with E-state index in [1.807, 2.05) is 0 Å². The lowest BCUT2D eigenvalue weighted by Crippen LogP contribution is -2.57. The molecule has 1 N–H and O–H groups in total. The molecule has 0 aliphatic carbocycles. The Kier molecular flexibility index (Phi) is 5.05. The minimum Gasteiger partial charge on any atom is -0.390 e. The van der Waals surface area contributed by atoms with Crippen molar-refractivity contribution in [3.05, 3.63) is 0 Å². The first-order chi connectivity index (χ1) is 7.33. The third kappa shape index (κ3) is 3.55. The second kappa shape index (κ2) is 5.02. The average molecular weight is 386 g/mol. The minimum atomic E-state index is -5.92. The molecule has 104 valence electrons. The Morgan fingerprint density at radius 2 is 1.24 bits per heavy atom. The first kappa shape index (κ1) is 17.1. The van der Waals surface area contributed by atoms with Gasteiger partial charge < -0.3 is 5.11 Å². The normalized spacial score (nSPS) is 15.2. The molecule has 0 atom stereocenters. The Bertz CT molecular complexity index is 267. The van der Waals surface area contributed by atoms with Crippen LogP contribution in [0.4, 0.5) is 35.1 Å². The molecule has 0 radical (unpaired) electrons. The van der Waals surface area contributed by atoms with E-state index < -0.39 is 41.1 Å². The molecule has 0 aromatic heterocycles. The van der Waals surface area contributed by atoms with Gasteiger partial charge in [0.1, 0.15) is 6.61 Å². The minimum absolute atomic E-state index is 0.742. The van der Waals surface area contributed by atoms with Crippen molar-refractivity contribution in [2.45, 2.75) is 30.1 Å². The molecule has 17 heavy (non-hydrogen) atoms. The Hall–Kier alpha value is 0.130. The van der Waals surface area contributed by atoms with Crippen LogP contribution in [-0.4, -0.2) is 39.8 Å². The zero-order valence-corrected chi connectivity index (χ0v) is 10.1. The third-order valence-electron chi connectivity index (χ3n) is 1.80. The first-order valence-corrected chi connectivity index (χ1v) is 5.54. The molecule has 0 unspecified atom stereocenters. The predicted molar refractivity (Wildman–Crippen MR) is 50.4 cm³/mol. The van der Waals surface area contributed by atoms with E-state index in [1.165, 1.54) is 0 Å². The summed E-state index contributed by atoms with van der Waals surface area (Å²) in [7, 11) is 0. The van der Waals surface area contributed by atoms with Crippen molar-refractivity contribution in [1.29, 1.82) is 0 Å². The maximum atomic E-state index is 12.7. The zero-order valence-electron chi connectivity index (χ0n) is 7.97. The predicted octanol–water partition coefficient (Wildman–Crippen LogP) is 3.35. The average Bonchev–Trinajstić information content (AvgIpc) is 2.15. The van der Waals surface area contributed by atoms with Gasteiger partial charge in [0.2, 0.25) is 0 Å². The van der Waals surface area contributed by atoms with Gasteiger partial charge in [0, 0.05) is 0 Å². The van der Waals surface area contributed by atoms with Crippen molar-refractivity contribution in [2.75, 3.05) is 11.0 Å². The summed E-state index contributed by atoms with van der Waals surface area (Å²) in [6.07, 6.45) is -2.85. The summed E-state index contributed by atoms with van der Waals surface area (Å²) in [4.78, 5) is 0. The van der Waals surface area contributed by atoms with Gasteiger partial charge in [-0.05, 0) is 0 Å². The zero-order chi connectivity index (χ0) is 14.1. The molecule has 0 rings (SSSR count). The van der Waals surface area contributed by atoms with E-state index in [9.17, 15) is 35.1 Å². The molecule has 0 saturated carbocycles. The lowest BCUT2D eigenvalue weighted by molar-refractivity contribution is -0.315. The van der Waals surface area contributed by atoms with Gasteiger partial charge in [-0.1, -0.05) is 22.6 Å². The highest BCUT2D eigenvalue weighted by atomic mass is 127. The van der Waals surface area contributed by atoms with Crippen LogP contribution in [-0.2, 0) is 0 Å². The fraction of sp³-hybridized carbons (Fsp3) is 1.00. The highest BCUT2D eigenvalue weighted by Gasteiger charge is 2.72. The molecule has 0 bridgehead atoms. The number of aliphatic hydroxyl groups is 1.